The Balaban J connectivity index is 2.30. The predicted octanol–water partition coefficient (Wildman–Crippen LogP) is 0.206. The van der Waals surface area contributed by atoms with Gasteiger partial charge in [-0.25, -0.2) is 4.42 Å². The van der Waals surface area contributed by atoms with Crippen LogP contribution >= 0.6 is 0 Å². The van der Waals surface area contributed by atoms with E-state index in [2.05, 4.69) is 36.6 Å². The Labute approximate surface area is 71.7 Å². The highest BCUT2D eigenvalue weighted by molar-refractivity contribution is 6.27. The van der Waals surface area contributed by atoms with Crippen LogP contribution in [0.2, 0.25) is 0 Å². The number of nitrogens with zero attached hydrogens (tertiary/aromatic N) is 4. The highest BCUT2D eigenvalue weighted by Gasteiger charge is 2.15. The van der Waals surface area contributed by atoms with E-state index >= 15 is 0 Å². The van der Waals surface area contributed by atoms with Crippen molar-refractivity contribution in [2.45, 2.75) is 0 Å². The molecule has 12 heavy (non-hydrogen) atoms. The fourth-order valence-electron chi connectivity index (χ4n) is 0.661. The number of carbonyl (C=O) groups excluding carboxylic acids is 1. The van der Waals surface area contributed by atoms with Crippen LogP contribution in [0.5, 0.6) is 0 Å². The zero-order chi connectivity index (χ0) is 9.03. The van der Waals surface area contributed by atoms with Gasteiger partial charge < -0.3 is 4.48 Å². The Morgan fingerprint density at radius 1 is 1.42 bits per heavy atom. The molecule has 0 atom stereocenters. The number of rotatable bonds is 3. The molecule has 1 aliphatic heterocycles. The molecule has 1 heterocycles. The van der Waals surface area contributed by atoms with E-state index in [9.17, 15) is 0 Å². The van der Waals surface area contributed by atoms with Crippen molar-refractivity contribution in [3.63, 3.8) is 0 Å². The van der Waals surface area contributed by atoms with Gasteiger partial charge >= 0.3 is 12.5 Å². The van der Waals surface area contributed by atoms with E-state index in [0.29, 0.717) is 12.5 Å². The van der Waals surface area contributed by atoms with E-state index in [0.717, 1.165) is 11.0 Å². The van der Waals surface area contributed by atoms with Gasteiger partial charge in [0.15, 0.2) is 12.8 Å². The maximum atomic E-state index is 5.27. The number of likely N-dealkylation sites (N-methyl/N-ethyl adjacent to an activating group) is 1. The quantitative estimate of drug-likeness (QED) is 0.429. The average Bonchev–Trinajstić information content (AvgIpc) is 2.36. The van der Waals surface area contributed by atoms with E-state index in [1.54, 1.807) is 0 Å². The topological polar surface area (TPSA) is 48.4 Å². The van der Waals surface area contributed by atoms with E-state index in [4.69, 9.17) is 4.42 Å². The summed E-state index contributed by atoms with van der Waals surface area (Å²) in [5.74, 6) is 0.503. The largest absolute Gasteiger partial charge is 0.484 e. The second kappa shape index (κ2) is 3.53. The van der Waals surface area contributed by atoms with Gasteiger partial charge in [0.05, 0.1) is 21.1 Å². The summed E-state index contributed by atoms with van der Waals surface area (Å²) >= 11 is 0. The zero-order valence-corrected chi connectivity index (χ0v) is 7.69. The molecule has 0 radical (unpaired) electrons. The van der Waals surface area contributed by atoms with Crippen molar-refractivity contribution in [2.24, 2.45) is 15.4 Å². The molecule has 0 aromatic carbocycles. The van der Waals surface area contributed by atoms with Crippen LogP contribution in [0.25, 0.3) is 0 Å². The van der Waals surface area contributed by atoms with E-state index in [1.165, 1.54) is 6.21 Å². The molecule has 0 unspecified atom stereocenters. The molecule has 1 rings (SSSR count). The molecule has 5 heteroatoms. The van der Waals surface area contributed by atoms with Gasteiger partial charge in [-0.3, -0.25) is 0 Å². The third-order valence-corrected chi connectivity index (χ3v) is 1.38. The second-order valence-electron chi connectivity index (χ2n) is 3.63. The molecule has 0 saturated heterocycles. The van der Waals surface area contributed by atoms with Crippen molar-refractivity contribution in [3.05, 3.63) is 0 Å². The Morgan fingerprint density at radius 3 is 2.67 bits per heavy atom. The van der Waals surface area contributed by atoms with Crippen LogP contribution in [0.3, 0.4) is 0 Å². The first-order valence-electron chi connectivity index (χ1n) is 3.82. The number of amides is 1. The van der Waals surface area contributed by atoms with Crippen molar-refractivity contribution < 1.29 is 8.91 Å². The standard InChI is InChI=1S/C7H14N4O/c1-11(2,3)4-5-12-7-6-8-10-9-7/h6H,4-5H2,1-3H3/q+2. The van der Waals surface area contributed by atoms with Gasteiger partial charge in [-0.15, -0.1) is 5.10 Å². The molecule has 0 N–H and O–H groups in total. The molecule has 0 bridgehead atoms. The van der Waals surface area contributed by atoms with Crippen molar-refractivity contribution in [1.82, 2.24) is 0 Å². The highest BCUT2D eigenvalue weighted by atomic mass is 16.4. The molecule has 0 spiro atoms. The van der Waals surface area contributed by atoms with Crippen LogP contribution in [-0.2, 0) is 4.42 Å². The minimum atomic E-state index is 0.503. The first-order valence-corrected chi connectivity index (χ1v) is 3.82. The monoisotopic (exact) mass is 170 g/mol. The Kier molecular flexibility index (Phi) is 2.65. The molecule has 0 fully saturated rings. The molecule has 0 saturated carbocycles. The molecular formula is C7H14N4O+2. The SMILES string of the molecule is C[N+](C)(C)CC[O+]=C1C=NN=N1. The Morgan fingerprint density at radius 2 is 2.17 bits per heavy atom. The maximum Gasteiger partial charge on any atom is 0.484 e. The summed E-state index contributed by atoms with van der Waals surface area (Å²) in [6.45, 7) is 1.58. The number of quaternary nitrogens is 1. The lowest BCUT2D eigenvalue weighted by Crippen LogP contribution is -2.37. The van der Waals surface area contributed by atoms with Gasteiger partial charge in [-0.05, 0) is 10.3 Å². The van der Waals surface area contributed by atoms with Gasteiger partial charge in [-0.2, -0.15) is 0 Å². The molecule has 1 aliphatic rings. The highest BCUT2D eigenvalue weighted by Crippen LogP contribution is 1.90. The summed E-state index contributed by atoms with van der Waals surface area (Å²) in [5.41, 5.74) is 0. The minimum absolute atomic E-state index is 0.503. The molecule has 5 nitrogen and oxygen atoms in total. The van der Waals surface area contributed by atoms with Crippen molar-refractivity contribution in [1.29, 1.82) is 0 Å². The van der Waals surface area contributed by atoms with Gasteiger partial charge in [0.25, 0.3) is 0 Å². The summed E-state index contributed by atoms with van der Waals surface area (Å²) in [7, 11) is 6.33. The first kappa shape index (κ1) is 8.99. The average molecular weight is 170 g/mol. The van der Waals surface area contributed by atoms with E-state index in [-0.39, 0.29) is 0 Å². The lowest BCUT2D eigenvalue weighted by atomic mass is 10.5. The van der Waals surface area contributed by atoms with Gasteiger partial charge in [0, 0.05) is 0 Å². The van der Waals surface area contributed by atoms with Crippen molar-refractivity contribution in [3.8, 4) is 0 Å². The summed E-state index contributed by atoms with van der Waals surface area (Å²) in [5, 5.41) is 10.6. The Bertz CT molecular complexity index is 222. The van der Waals surface area contributed by atoms with Crippen molar-refractivity contribution in [2.75, 3.05) is 34.3 Å². The van der Waals surface area contributed by atoms with Crippen LogP contribution in [0.15, 0.2) is 15.4 Å². The van der Waals surface area contributed by atoms with Crippen LogP contribution in [0, 0.1) is 0 Å². The van der Waals surface area contributed by atoms with Gasteiger partial charge in [0.1, 0.15) is 0 Å². The third-order valence-electron chi connectivity index (χ3n) is 1.38. The smallest absolute Gasteiger partial charge is 0.323 e. The normalized spacial score (nSPS) is 19.4. The fourth-order valence-corrected chi connectivity index (χ4v) is 0.661. The van der Waals surface area contributed by atoms with Gasteiger partial charge in [-0.1, -0.05) is 0 Å². The molecular weight excluding hydrogens is 156 g/mol. The summed E-state index contributed by atoms with van der Waals surface area (Å²) in [6.07, 6.45) is 1.51. The van der Waals surface area contributed by atoms with Crippen LogP contribution in [0.1, 0.15) is 0 Å². The molecule has 0 aromatic rings. The van der Waals surface area contributed by atoms with E-state index < -0.39 is 0 Å². The number of hydrogen-bond acceptors (Lipinski definition) is 2. The summed E-state index contributed by atoms with van der Waals surface area (Å²) < 4.78 is 6.15. The van der Waals surface area contributed by atoms with Crippen molar-refractivity contribution >= 4 is 12.1 Å². The van der Waals surface area contributed by atoms with Crippen LogP contribution < -0.4 is 0 Å². The zero-order valence-electron chi connectivity index (χ0n) is 7.69. The predicted molar refractivity (Wildman–Crippen MR) is 46.1 cm³/mol. The van der Waals surface area contributed by atoms with Crippen LogP contribution in [0.4, 0.5) is 0 Å². The molecule has 0 aliphatic carbocycles. The first-order chi connectivity index (χ1) is 5.58. The second-order valence-corrected chi connectivity index (χ2v) is 3.63. The third kappa shape index (κ3) is 3.34. The number of hydrogen-bond donors (Lipinski definition) is 0. The molecule has 66 valence electrons. The molecule has 0 aromatic heterocycles. The van der Waals surface area contributed by atoms with E-state index in [1.807, 2.05) is 0 Å². The summed E-state index contributed by atoms with van der Waals surface area (Å²) in [6, 6.07) is 0. The van der Waals surface area contributed by atoms with Gasteiger partial charge in [0.2, 0.25) is 0 Å². The lowest BCUT2D eigenvalue weighted by molar-refractivity contribution is -0.877. The fraction of sp³-hybridized carbons (Fsp3) is 0.714. The van der Waals surface area contributed by atoms with Crippen LogP contribution in [-0.4, -0.2) is 50.9 Å². The molecule has 1 amide bonds. The summed E-state index contributed by atoms with van der Waals surface area (Å²) in [4.78, 5) is 0. The maximum absolute atomic E-state index is 5.27. The lowest BCUT2D eigenvalue weighted by Gasteiger charge is -2.19. The minimum Gasteiger partial charge on any atom is -0.323 e. The Hall–Kier alpha value is -1.10.